The Hall–Kier alpha value is -1.60. The topological polar surface area (TPSA) is 126 Å². The number of amides is 1. The van der Waals surface area contributed by atoms with Crippen LogP contribution in [0, 0.1) is 0 Å². The number of guanidine groups is 1. The van der Waals surface area contributed by atoms with E-state index in [2.05, 4.69) is 15.6 Å². The van der Waals surface area contributed by atoms with E-state index in [1.807, 2.05) is 20.8 Å². The number of ether oxygens (including phenoxy) is 1. The Kier molecular flexibility index (Phi) is 9.15. The van der Waals surface area contributed by atoms with Crippen molar-refractivity contribution in [1.82, 2.24) is 15.5 Å². The molecule has 0 aromatic heterocycles. The fraction of sp³-hybridized carbons (Fsp3) is 0.556. The third kappa shape index (κ3) is 8.34. The van der Waals surface area contributed by atoms with Gasteiger partial charge in [-0.25, -0.2) is 18.4 Å². The molecule has 1 aromatic rings. The van der Waals surface area contributed by atoms with Gasteiger partial charge >= 0.3 is 6.09 Å². The minimum Gasteiger partial charge on any atom is -0.444 e. The Morgan fingerprint density at radius 3 is 2.34 bits per heavy atom. The largest absolute Gasteiger partial charge is 0.444 e. The van der Waals surface area contributed by atoms with Gasteiger partial charge in [0.1, 0.15) is 5.60 Å². The van der Waals surface area contributed by atoms with Crippen molar-refractivity contribution in [3.05, 3.63) is 29.8 Å². The maximum Gasteiger partial charge on any atom is 0.410 e. The standard InChI is InChI=1S/C18H29N5O4S.HI/c1-18(2,3)27-17(24)23-11-14(12-23)22-16(20-4)21-10-9-13-5-7-15(8-6-13)28(19,25)26;/h5-8,14H,9-12H2,1-4H3,(H2,19,25,26)(H2,20,21,22);1H. The Morgan fingerprint density at radius 1 is 1.28 bits per heavy atom. The number of carbonyl (C=O) groups is 1. The molecule has 11 heteroatoms. The lowest BCUT2D eigenvalue weighted by Gasteiger charge is -2.40. The van der Waals surface area contributed by atoms with Gasteiger partial charge in [0.05, 0.1) is 10.9 Å². The van der Waals surface area contributed by atoms with Crippen molar-refractivity contribution in [2.75, 3.05) is 26.7 Å². The van der Waals surface area contributed by atoms with Crippen LogP contribution in [-0.2, 0) is 21.2 Å². The Morgan fingerprint density at radius 2 is 1.86 bits per heavy atom. The van der Waals surface area contributed by atoms with Crippen LogP contribution in [0.25, 0.3) is 0 Å². The molecule has 29 heavy (non-hydrogen) atoms. The average Bonchev–Trinajstić information content (AvgIpc) is 2.53. The maximum atomic E-state index is 11.9. The van der Waals surface area contributed by atoms with Gasteiger partial charge in [0.2, 0.25) is 10.0 Å². The van der Waals surface area contributed by atoms with Crippen molar-refractivity contribution in [2.45, 2.75) is 43.7 Å². The summed E-state index contributed by atoms with van der Waals surface area (Å²) in [6, 6.07) is 6.59. The number of nitrogens with zero attached hydrogens (tertiary/aromatic N) is 2. The fourth-order valence-corrected chi connectivity index (χ4v) is 3.12. The summed E-state index contributed by atoms with van der Waals surface area (Å²) in [6.45, 7) is 7.27. The first kappa shape index (κ1) is 25.4. The average molecular weight is 539 g/mol. The molecule has 0 spiro atoms. The first-order valence-corrected chi connectivity index (χ1v) is 10.6. The van der Waals surface area contributed by atoms with Crippen LogP contribution in [0.5, 0.6) is 0 Å². The number of halogens is 1. The van der Waals surface area contributed by atoms with Gasteiger partial charge in [0.25, 0.3) is 0 Å². The van der Waals surface area contributed by atoms with Gasteiger partial charge < -0.3 is 20.3 Å². The zero-order valence-electron chi connectivity index (χ0n) is 17.1. The molecular weight excluding hydrogens is 509 g/mol. The SMILES string of the molecule is CN=C(NCCc1ccc(S(N)(=O)=O)cc1)NC1CN(C(=O)OC(C)(C)C)C1.I. The molecule has 0 saturated carbocycles. The van der Waals surface area contributed by atoms with E-state index in [1.165, 1.54) is 12.1 Å². The molecule has 4 N–H and O–H groups in total. The molecule has 1 heterocycles. The molecule has 0 radical (unpaired) electrons. The molecule has 0 bridgehead atoms. The van der Waals surface area contributed by atoms with E-state index in [9.17, 15) is 13.2 Å². The van der Waals surface area contributed by atoms with Gasteiger partial charge in [-0.15, -0.1) is 24.0 Å². The summed E-state index contributed by atoms with van der Waals surface area (Å²) < 4.78 is 27.9. The van der Waals surface area contributed by atoms with E-state index in [-0.39, 0.29) is 41.0 Å². The van der Waals surface area contributed by atoms with Crippen molar-refractivity contribution in [3.8, 4) is 0 Å². The van der Waals surface area contributed by atoms with Crippen molar-refractivity contribution >= 4 is 46.1 Å². The summed E-state index contributed by atoms with van der Waals surface area (Å²) in [4.78, 5) is 17.9. The number of nitrogens with one attached hydrogen (secondary N) is 2. The quantitative estimate of drug-likeness (QED) is 0.294. The zero-order valence-corrected chi connectivity index (χ0v) is 20.3. The Bertz CT molecular complexity index is 816. The van der Waals surface area contributed by atoms with E-state index >= 15 is 0 Å². The van der Waals surface area contributed by atoms with Crippen LogP contribution < -0.4 is 15.8 Å². The number of hydrogen-bond acceptors (Lipinski definition) is 5. The Balaban J connectivity index is 0.00000420. The highest BCUT2D eigenvalue weighted by Crippen LogP contribution is 2.15. The number of nitrogens with two attached hydrogens (primary N) is 1. The van der Waals surface area contributed by atoms with Crippen LogP contribution >= 0.6 is 24.0 Å². The van der Waals surface area contributed by atoms with Gasteiger partial charge in [-0.3, -0.25) is 4.99 Å². The number of primary sulfonamides is 1. The summed E-state index contributed by atoms with van der Waals surface area (Å²) >= 11 is 0. The predicted molar refractivity (Wildman–Crippen MR) is 123 cm³/mol. The third-order valence-electron chi connectivity index (χ3n) is 4.06. The minimum atomic E-state index is -3.67. The van der Waals surface area contributed by atoms with Crippen LogP contribution in [0.4, 0.5) is 4.79 Å². The van der Waals surface area contributed by atoms with E-state index < -0.39 is 15.6 Å². The molecule has 9 nitrogen and oxygen atoms in total. The Labute approximate surface area is 189 Å². The summed E-state index contributed by atoms with van der Waals surface area (Å²) in [7, 11) is -1.99. The number of benzene rings is 1. The second-order valence-electron chi connectivity index (χ2n) is 7.66. The highest BCUT2D eigenvalue weighted by molar-refractivity contribution is 14.0. The molecule has 1 fully saturated rings. The molecule has 164 valence electrons. The van der Waals surface area contributed by atoms with E-state index in [4.69, 9.17) is 9.88 Å². The monoisotopic (exact) mass is 539 g/mol. The summed E-state index contributed by atoms with van der Waals surface area (Å²) in [5, 5.41) is 11.6. The second-order valence-corrected chi connectivity index (χ2v) is 9.23. The molecule has 0 aliphatic carbocycles. The smallest absolute Gasteiger partial charge is 0.410 e. The molecule has 1 saturated heterocycles. The van der Waals surface area contributed by atoms with Crippen molar-refractivity contribution < 1.29 is 17.9 Å². The van der Waals surface area contributed by atoms with Crippen LogP contribution in [-0.4, -0.2) is 63.7 Å². The third-order valence-corrected chi connectivity index (χ3v) is 4.98. The number of carbonyl (C=O) groups excluding carboxylic acids is 1. The van der Waals surface area contributed by atoms with Gasteiger partial charge in [-0.1, -0.05) is 12.1 Å². The summed E-state index contributed by atoms with van der Waals surface area (Å²) in [5.41, 5.74) is 0.481. The first-order valence-electron chi connectivity index (χ1n) is 9.05. The highest BCUT2D eigenvalue weighted by atomic mass is 127. The number of sulfonamides is 1. The lowest BCUT2D eigenvalue weighted by Crippen LogP contribution is -2.63. The number of likely N-dealkylation sites (tertiary alicyclic amines) is 1. The molecule has 1 aliphatic rings. The molecule has 1 aliphatic heterocycles. The van der Waals surface area contributed by atoms with Crippen molar-refractivity contribution in [2.24, 2.45) is 10.1 Å². The number of aliphatic imine (C=N–C) groups is 1. The normalized spacial score (nSPS) is 15.2. The molecule has 1 aromatic carbocycles. The summed E-state index contributed by atoms with van der Waals surface area (Å²) in [5.74, 6) is 0.648. The predicted octanol–water partition coefficient (Wildman–Crippen LogP) is 1.28. The van der Waals surface area contributed by atoms with Gasteiger partial charge in [0, 0.05) is 26.7 Å². The molecular formula is C18H30IN5O4S. The van der Waals surface area contributed by atoms with Gasteiger partial charge in [-0.2, -0.15) is 0 Å². The number of rotatable bonds is 5. The van der Waals surface area contributed by atoms with E-state index in [1.54, 1.807) is 24.1 Å². The maximum absolute atomic E-state index is 11.9. The second kappa shape index (κ2) is 10.4. The van der Waals surface area contributed by atoms with Crippen molar-refractivity contribution in [1.29, 1.82) is 0 Å². The molecule has 0 unspecified atom stereocenters. The molecule has 0 atom stereocenters. The lowest BCUT2D eigenvalue weighted by molar-refractivity contribution is 0.00701. The molecule has 1 amide bonds. The molecule has 2 rings (SSSR count). The van der Waals surface area contributed by atoms with E-state index in [0.29, 0.717) is 32.0 Å². The van der Waals surface area contributed by atoms with E-state index in [0.717, 1.165) is 5.56 Å². The first-order chi connectivity index (χ1) is 13.0. The van der Waals surface area contributed by atoms with Crippen LogP contribution in [0.1, 0.15) is 26.3 Å². The van der Waals surface area contributed by atoms with Gasteiger partial charge in [0.15, 0.2) is 5.96 Å². The van der Waals surface area contributed by atoms with Crippen LogP contribution in [0.3, 0.4) is 0 Å². The number of hydrogen-bond donors (Lipinski definition) is 3. The van der Waals surface area contributed by atoms with Gasteiger partial charge in [-0.05, 0) is 44.9 Å². The lowest BCUT2D eigenvalue weighted by atomic mass is 10.1. The highest BCUT2D eigenvalue weighted by Gasteiger charge is 2.34. The fourth-order valence-electron chi connectivity index (χ4n) is 2.60. The summed E-state index contributed by atoms with van der Waals surface area (Å²) in [6.07, 6.45) is 0.386. The minimum absolute atomic E-state index is 0. The van der Waals surface area contributed by atoms with Crippen LogP contribution in [0.15, 0.2) is 34.2 Å². The van der Waals surface area contributed by atoms with Crippen molar-refractivity contribution in [3.63, 3.8) is 0 Å². The van der Waals surface area contributed by atoms with Crippen LogP contribution in [0.2, 0.25) is 0 Å². The zero-order chi connectivity index (χ0) is 20.9.